The van der Waals surface area contributed by atoms with E-state index in [-0.39, 0.29) is 58.4 Å². The zero-order valence-corrected chi connectivity index (χ0v) is 22.4. The quantitative estimate of drug-likeness (QED) is 0.412. The summed E-state index contributed by atoms with van der Waals surface area (Å²) in [5, 5.41) is 0.188. The van der Waals surface area contributed by atoms with Gasteiger partial charge in [0.1, 0.15) is 10.4 Å². The van der Waals surface area contributed by atoms with Crippen LogP contribution in [0.25, 0.3) is 11.9 Å². The Labute approximate surface area is 233 Å². The molecule has 1 unspecified atom stereocenters. The molecule has 0 spiro atoms. The number of aromatic nitrogens is 3. The molecule has 1 aliphatic carbocycles. The summed E-state index contributed by atoms with van der Waals surface area (Å²) in [6.45, 7) is 3.36. The molecular weight excluding hydrogens is 542 g/mol. The van der Waals surface area contributed by atoms with E-state index in [9.17, 15) is 4.79 Å². The molecule has 2 saturated heterocycles. The highest BCUT2D eigenvalue weighted by Gasteiger charge is 2.72. The first-order valence-corrected chi connectivity index (χ1v) is 13.5. The Morgan fingerprint density at radius 3 is 2.62 bits per heavy atom. The number of morpholine rings is 2. The Bertz CT molecular complexity index is 1430. The fourth-order valence-electron chi connectivity index (χ4n) is 5.75. The Hall–Kier alpha value is -3.60. The first kappa shape index (κ1) is 26.6. The lowest BCUT2D eigenvalue weighted by molar-refractivity contribution is -0.168. The van der Waals surface area contributed by atoms with Crippen LogP contribution in [0.15, 0.2) is 29.6 Å². The first-order chi connectivity index (χ1) is 19.2. The van der Waals surface area contributed by atoms with Crippen LogP contribution in [0.5, 0.6) is 5.88 Å². The van der Waals surface area contributed by atoms with Crippen molar-refractivity contribution in [2.75, 3.05) is 33.0 Å². The molecule has 2 N–H and O–H groups in total. The highest BCUT2D eigenvalue weighted by atomic mass is 32.2. The van der Waals surface area contributed by atoms with Crippen LogP contribution < -0.4 is 10.5 Å². The van der Waals surface area contributed by atoms with Crippen molar-refractivity contribution in [3.8, 4) is 18.2 Å². The molecule has 2 bridgehead atoms. The summed E-state index contributed by atoms with van der Waals surface area (Å²) in [5.41, 5.74) is 5.45. The number of amidine groups is 1. The normalized spacial score (nSPS) is 31.1. The third-order valence-corrected chi connectivity index (χ3v) is 9.01. The molecule has 3 atom stereocenters. The van der Waals surface area contributed by atoms with Crippen LogP contribution in [-0.2, 0) is 19.8 Å². The molecule has 2 aromatic heterocycles. The monoisotopic (exact) mass is 568 g/mol. The zero-order chi connectivity index (χ0) is 28.1. The van der Waals surface area contributed by atoms with Crippen molar-refractivity contribution in [2.24, 2.45) is 16.6 Å². The maximum Gasteiger partial charge on any atom is 0.240 e. The lowest BCUT2D eigenvalue weighted by Crippen LogP contribution is -2.64. The molecule has 2 aromatic rings. The zero-order valence-electron chi connectivity index (χ0n) is 21.5. The molecule has 208 valence electrons. The lowest BCUT2D eigenvalue weighted by Gasteiger charge is -2.47. The second-order valence-corrected chi connectivity index (χ2v) is 11.6. The molecule has 13 heteroatoms. The van der Waals surface area contributed by atoms with Crippen LogP contribution in [0.2, 0.25) is 0 Å². The van der Waals surface area contributed by atoms with Crippen molar-refractivity contribution in [3.05, 3.63) is 47.4 Å². The van der Waals surface area contributed by atoms with E-state index in [1.807, 2.05) is 4.90 Å². The van der Waals surface area contributed by atoms with E-state index in [4.69, 9.17) is 26.4 Å². The minimum absolute atomic E-state index is 0.0105. The number of carbonyl (C=O) groups excluding carboxylic acids is 1. The van der Waals surface area contributed by atoms with Crippen molar-refractivity contribution >= 4 is 34.7 Å². The van der Waals surface area contributed by atoms with Gasteiger partial charge in [0.15, 0.2) is 17.6 Å². The van der Waals surface area contributed by atoms with Gasteiger partial charge in [0, 0.05) is 17.7 Å². The summed E-state index contributed by atoms with van der Waals surface area (Å²) in [7, 11) is 0. The third-order valence-electron chi connectivity index (χ3n) is 7.72. The number of thioether (sulfide) groups is 1. The fraction of sp³-hybridized carbons (Fsp3) is 0.444. The van der Waals surface area contributed by atoms with Crippen molar-refractivity contribution in [3.63, 3.8) is 0 Å². The number of aliphatic imine (C=N–C) groups is 1. The van der Waals surface area contributed by atoms with E-state index in [2.05, 4.69) is 25.9 Å². The van der Waals surface area contributed by atoms with Crippen molar-refractivity contribution in [1.82, 2.24) is 19.9 Å². The van der Waals surface area contributed by atoms with Gasteiger partial charge in [-0.2, -0.15) is 4.39 Å². The van der Waals surface area contributed by atoms with Gasteiger partial charge < -0.3 is 24.8 Å². The highest BCUT2D eigenvalue weighted by molar-refractivity contribution is 8.15. The number of carbonyl (C=O) groups is 1. The van der Waals surface area contributed by atoms with Crippen LogP contribution in [0.3, 0.4) is 0 Å². The maximum atomic E-state index is 15.3. The van der Waals surface area contributed by atoms with Gasteiger partial charge in [-0.1, -0.05) is 17.7 Å². The average molecular weight is 569 g/mol. The first-order valence-electron chi connectivity index (χ1n) is 12.7. The number of pyridine rings is 1. The number of rotatable bonds is 6. The summed E-state index contributed by atoms with van der Waals surface area (Å²) in [4.78, 5) is 32.4. The number of amides is 1. The molecule has 6 rings (SSSR count). The number of nitrogens with zero attached hydrogens (tertiary/aromatic N) is 5. The number of halogens is 2. The SMILES string of the molecule is C#CCOc1cnc(/C(F)=C/c2cnc(F)c([C@@]3(C)N=C(N)S[C@@]4(C(=O)N5[C@H]6COC[C@H]5COC6)CC43)c2)cn1. The van der Waals surface area contributed by atoms with Gasteiger partial charge in [-0.15, -0.1) is 6.42 Å². The van der Waals surface area contributed by atoms with Crippen LogP contribution in [0.4, 0.5) is 8.78 Å². The van der Waals surface area contributed by atoms with Gasteiger partial charge in [-0.25, -0.2) is 19.3 Å². The van der Waals surface area contributed by atoms with Crippen LogP contribution in [0.1, 0.15) is 30.2 Å². The van der Waals surface area contributed by atoms with Gasteiger partial charge in [-0.05, 0) is 31.1 Å². The minimum atomic E-state index is -1.18. The van der Waals surface area contributed by atoms with E-state index in [0.29, 0.717) is 32.8 Å². The number of terminal acetylenes is 1. The fourth-order valence-corrected chi connectivity index (χ4v) is 7.17. The molecule has 1 amide bonds. The predicted octanol–water partition coefficient (Wildman–Crippen LogP) is 2.15. The van der Waals surface area contributed by atoms with Crippen molar-refractivity contribution in [1.29, 1.82) is 0 Å². The van der Waals surface area contributed by atoms with Gasteiger partial charge in [0.25, 0.3) is 0 Å². The van der Waals surface area contributed by atoms with E-state index >= 15 is 8.78 Å². The second kappa shape index (κ2) is 10.1. The summed E-state index contributed by atoms with van der Waals surface area (Å²) >= 11 is 1.23. The highest BCUT2D eigenvalue weighted by Crippen LogP contribution is 2.66. The van der Waals surface area contributed by atoms with Gasteiger partial charge >= 0.3 is 0 Å². The summed E-state index contributed by atoms with van der Waals surface area (Å²) in [6.07, 6.45) is 10.5. The summed E-state index contributed by atoms with van der Waals surface area (Å²) in [5.74, 6) is 0.603. The molecule has 3 aliphatic heterocycles. The van der Waals surface area contributed by atoms with Gasteiger partial charge in [-0.3, -0.25) is 9.79 Å². The van der Waals surface area contributed by atoms with Crippen molar-refractivity contribution < 1.29 is 27.8 Å². The van der Waals surface area contributed by atoms with Crippen LogP contribution >= 0.6 is 11.8 Å². The molecule has 0 aromatic carbocycles. The summed E-state index contributed by atoms with van der Waals surface area (Å²) in [6, 6.07) is 1.12. The number of fused-ring (bicyclic) bond motifs is 3. The van der Waals surface area contributed by atoms with Gasteiger partial charge in [0.2, 0.25) is 17.7 Å². The number of nitrogens with two attached hydrogens (primary N) is 1. The van der Waals surface area contributed by atoms with E-state index < -0.39 is 22.1 Å². The number of hydrogen-bond donors (Lipinski definition) is 1. The molecule has 5 heterocycles. The van der Waals surface area contributed by atoms with Crippen molar-refractivity contribution in [2.45, 2.75) is 35.7 Å². The van der Waals surface area contributed by atoms with Crippen LogP contribution in [-0.4, -0.2) is 80.8 Å². The Morgan fingerprint density at radius 2 is 1.98 bits per heavy atom. The Kier molecular flexibility index (Phi) is 6.72. The van der Waals surface area contributed by atoms with E-state index in [1.54, 1.807) is 6.92 Å². The largest absolute Gasteiger partial charge is 0.463 e. The second-order valence-electron chi connectivity index (χ2n) is 10.3. The number of ether oxygens (including phenoxy) is 3. The topological polar surface area (TPSA) is 125 Å². The maximum absolute atomic E-state index is 15.3. The molecule has 10 nitrogen and oxygen atoms in total. The standard InChI is InChI=1S/C27H26F2N6O4S/c1-3-4-39-22-10-31-20(9-32-22)19(28)6-15-5-18(23(29)33-8-15)26(2)21-7-27(21,40-25(30)34-26)24(36)35-16-11-37-13-17(35)14-38-12-16/h1,5-6,8-10,16-17,21H,4,7,11-14H2,2H3,(H2,30,34)/b19-6-/t16-,17-,21?,26-,27+/m1/s1. The molecule has 1 saturated carbocycles. The lowest BCUT2D eigenvalue weighted by atomic mass is 9.85. The van der Waals surface area contributed by atoms with Crippen LogP contribution in [0, 0.1) is 24.2 Å². The minimum Gasteiger partial charge on any atom is -0.463 e. The number of hydrogen-bond acceptors (Lipinski definition) is 10. The Morgan fingerprint density at radius 1 is 1.25 bits per heavy atom. The molecular formula is C27H26F2N6O4S. The molecule has 4 aliphatic rings. The molecule has 0 radical (unpaired) electrons. The Balaban J connectivity index is 1.29. The third kappa shape index (κ3) is 4.49. The predicted molar refractivity (Wildman–Crippen MR) is 143 cm³/mol. The molecule has 3 fully saturated rings. The van der Waals surface area contributed by atoms with E-state index in [1.165, 1.54) is 42.5 Å². The smallest absolute Gasteiger partial charge is 0.240 e. The average Bonchev–Trinajstić information content (AvgIpc) is 3.69. The van der Waals surface area contributed by atoms with Gasteiger partial charge in [0.05, 0.1) is 56.4 Å². The summed E-state index contributed by atoms with van der Waals surface area (Å²) < 4.78 is 45.9. The van der Waals surface area contributed by atoms with E-state index in [0.717, 1.165) is 0 Å². The molecule has 40 heavy (non-hydrogen) atoms.